The number of esters is 1. The standard InChI is InChI=1S/C29H47NO7/c1-22(2)25(32)34-19-17-30-26(33)37-28(5,6)23(20-35-24-14-10-9-11-15-24)21-36-29(7,8)27(3,4)16-12-13-18-31/h9-11,14-15,23,31H,1,12-13,16-21H2,2-8H3,(H,30,33). The van der Waals surface area contributed by atoms with Gasteiger partial charge in [-0.2, -0.15) is 0 Å². The Hall–Kier alpha value is -2.58. The van der Waals surface area contributed by atoms with Gasteiger partial charge in [-0.25, -0.2) is 9.59 Å². The Morgan fingerprint density at radius 1 is 1.03 bits per heavy atom. The van der Waals surface area contributed by atoms with E-state index in [1.54, 1.807) is 6.92 Å². The number of amides is 1. The molecule has 0 saturated heterocycles. The maximum Gasteiger partial charge on any atom is 0.407 e. The van der Waals surface area contributed by atoms with E-state index in [-0.39, 0.29) is 37.7 Å². The van der Waals surface area contributed by atoms with Crippen LogP contribution in [0.2, 0.25) is 0 Å². The largest absolute Gasteiger partial charge is 0.493 e. The van der Waals surface area contributed by atoms with Crippen molar-refractivity contribution < 1.29 is 33.6 Å². The molecule has 0 heterocycles. The minimum atomic E-state index is -0.926. The topological polar surface area (TPSA) is 103 Å². The number of ether oxygens (including phenoxy) is 4. The molecule has 0 bridgehead atoms. The number of benzene rings is 1. The number of carbonyl (C=O) groups excluding carboxylic acids is 2. The summed E-state index contributed by atoms with van der Waals surface area (Å²) < 4.78 is 23.3. The van der Waals surface area contributed by atoms with E-state index in [0.29, 0.717) is 12.2 Å². The van der Waals surface area contributed by atoms with Crippen molar-refractivity contribution in [1.29, 1.82) is 0 Å². The Kier molecular flexibility index (Phi) is 13.1. The number of alkyl carbamates (subject to hydrolysis) is 1. The number of unbranched alkanes of at least 4 members (excludes halogenated alkanes) is 1. The summed E-state index contributed by atoms with van der Waals surface area (Å²) in [5, 5.41) is 11.8. The maximum absolute atomic E-state index is 12.5. The smallest absolute Gasteiger partial charge is 0.407 e. The molecular weight excluding hydrogens is 474 g/mol. The molecule has 37 heavy (non-hydrogen) atoms. The molecule has 1 aromatic rings. The van der Waals surface area contributed by atoms with Gasteiger partial charge < -0.3 is 29.4 Å². The Labute approximate surface area is 222 Å². The van der Waals surface area contributed by atoms with E-state index < -0.39 is 23.3 Å². The van der Waals surface area contributed by atoms with Crippen molar-refractivity contribution in [3.05, 3.63) is 42.5 Å². The highest BCUT2D eigenvalue weighted by Crippen LogP contribution is 2.39. The van der Waals surface area contributed by atoms with Crippen molar-refractivity contribution in [2.75, 3.05) is 33.0 Å². The van der Waals surface area contributed by atoms with E-state index in [1.165, 1.54) is 0 Å². The average Bonchev–Trinajstić information content (AvgIpc) is 2.81. The second-order valence-corrected chi connectivity index (χ2v) is 11.0. The first-order valence-corrected chi connectivity index (χ1v) is 12.9. The molecule has 210 valence electrons. The number of aliphatic hydroxyl groups excluding tert-OH is 1. The minimum absolute atomic E-state index is 0.0183. The number of aliphatic hydroxyl groups is 1. The molecule has 0 saturated carbocycles. The van der Waals surface area contributed by atoms with Crippen molar-refractivity contribution in [2.45, 2.75) is 78.9 Å². The Bertz CT molecular complexity index is 849. The van der Waals surface area contributed by atoms with Crippen molar-refractivity contribution in [1.82, 2.24) is 5.32 Å². The number of carbonyl (C=O) groups is 2. The molecule has 1 aromatic carbocycles. The summed E-state index contributed by atoms with van der Waals surface area (Å²) in [5.74, 6) is -0.0736. The van der Waals surface area contributed by atoms with Gasteiger partial charge in [0.2, 0.25) is 0 Å². The van der Waals surface area contributed by atoms with Gasteiger partial charge in [0.1, 0.15) is 18.0 Å². The monoisotopic (exact) mass is 521 g/mol. The molecular formula is C29H47NO7. The van der Waals surface area contributed by atoms with Gasteiger partial charge in [-0.1, -0.05) is 45.0 Å². The van der Waals surface area contributed by atoms with Crippen molar-refractivity contribution in [2.24, 2.45) is 11.3 Å². The van der Waals surface area contributed by atoms with E-state index in [2.05, 4.69) is 39.6 Å². The molecule has 0 radical (unpaired) electrons. The second kappa shape index (κ2) is 15.0. The van der Waals surface area contributed by atoms with Gasteiger partial charge in [-0.05, 0) is 65.0 Å². The average molecular weight is 522 g/mol. The van der Waals surface area contributed by atoms with Crippen LogP contribution < -0.4 is 10.1 Å². The quantitative estimate of drug-likeness (QED) is 0.163. The fraction of sp³-hybridized carbons (Fsp3) is 0.655. The van der Waals surface area contributed by atoms with Gasteiger partial charge in [0, 0.05) is 12.2 Å². The molecule has 0 fully saturated rings. The maximum atomic E-state index is 12.5. The van der Waals surface area contributed by atoms with Crippen LogP contribution in [-0.2, 0) is 19.0 Å². The summed E-state index contributed by atoms with van der Waals surface area (Å²) in [6, 6.07) is 9.46. The molecule has 0 aliphatic heterocycles. The number of nitrogens with one attached hydrogen (secondary N) is 1. The number of rotatable bonds is 17. The predicted molar refractivity (Wildman–Crippen MR) is 145 cm³/mol. The Balaban J connectivity index is 2.84. The fourth-order valence-corrected chi connectivity index (χ4v) is 3.43. The summed E-state index contributed by atoms with van der Waals surface area (Å²) in [6.45, 7) is 18.1. The molecule has 2 N–H and O–H groups in total. The van der Waals surface area contributed by atoms with Gasteiger partial charge in [0.05, 0.1) is 31.3 Å². The van der Waals surface area contributed by atoms with Gasteiger partial charge in [-0.15, -0.1) is 0 Å². The van der Waals surface area contributed by atoms with E-state index in [9.17, 15) is 9.59 Å². The highest BCUT2D eigenvalue weighted by molar-refractivity contribution is 5.86. The summed E-state index contributed by atoms with van der Waals surface area (Å²) in [5.41, 5.74) is -1.25. The van der Waals surface area contributed by atoms with Crippen molar-refractivity contribution in [3.8, 4) is 5.75 Å². The molecule has 1 atom stereocenters. The predicted octanol–water partition coefficient (Wildman–Crippen LogP) is 5.29. The first-order chi connectivity index (χ1) is 17.2. The van der Waals surface area contributed by atoms with Gasteiger partial charge >= 0.3 is 12.1 Å². The van der Waals surface area contributed by atoms with Crippen LogP contribution in [0.5, 0.6) is 5.75 Å². The Morgan fingerprint density at radius 2 is 1.68 bits per heavy atom. The normalized spacial score (nSPS) is 13.0. The molecule has 8 nitrogen and oxygen atoms in total. The fourth-order valence-electron chi connectivity index (χ4n) is 3.43. The van der Waals surface area contributed by atoms with Gasteiger partial charge in [0.15, 0.2) is 0 Å². The highest BCUT2D eigenvalue weighted by atomic mass is 16.6. The van der Waals surface area contributed by atoms with Crippen LogP contribution in [0.15, 0.2) is 42.5 Å². The van der Waals surface area contributed by atoms with Crippen LogP contribution >= 0.6 is 0 Å². The molecule has 0 aliphatic carbocycles. The van der Waals surface area contributed by atoms with E-state index >= 15 is 0 Å². The number of para-hydroxylation sites is 1. The number of hydrogen-bond acceptors (Lipinski definition) is 7. The molecule has 0 aromatic heterocycles. The highest BCUT2D eigenvalue weighted by Gasteiger charge is 2.41. The molecule has 1 unspecified atom stereocenters. The zero-order valence-corrected chi connectivity index (χ0v) is 23.7. The van der Waals surface area contributed by atoms with Crippen LogP contribution in [0.1, 0.15) is 67.7 Å². The van der Waals surface area contributed by atoms with Crippen LogP contribution in [0.3, 0.4) is 0 Å². The lowest BCUT2D eigenvalue weighted by Crippen LogP contribution is -2.48. The lowest BCUT2D eigenvalue weighted by atomic mass is 9.73. The van der Waals surface area contributed by atoms with E-state index in [1.807, 2.05) is 44.2 Å². The first kappa shape index (κ1) is 32.4. The number of hydrogen-bond donors (Lipinski definition) is 2. The third-order valence-corrected chi connectivity index (χ3v) is 6.97. The first-order valence-electron chi connectivity index (χ1n) is 12.9. The van der Waals surface area contributed by atoms with E-state index in [0.717, 1.165) is 25.0 Å². The molecule has 8 heteroatoms. The van der Waals surface area contributed by atoms with Gasteiger partial charge in [-0.3, -0.25) is 0 Å². The van der Waals surface area contributed by atoms with Crippen LogP contribution in [0.4, 0.5) is 4.79 Å². The molecule has 1 amide bonds. The zero-order chi connectivity index (χ0) is 28.1. The van der Waals surface area contributed by atoms with Crippen LogP contribution in [0, 0.1) is 11.3 Å². The summed E-state index contributed by atoms with van der Waals surface area (Å²) >= 11 is 0. The SMILES string of the molecule is C=C(C)C(=O)OCCNC(=O)OC(C)(C)C(COc1ccccc1)COC(C)(C)C(C)(C)CCCCO. The third kappa shape index (κ3) is 11.6. The zero-order valence-electron chi connectivity index (χ0n) is 23.7. The second-order valence-electron chi connectivity index (χ2n) is 11.0. The lowest BCUT2D eigenvalue weighted by molar-refractivity contribution is -0.140. The third-order valence-electron chi connectivity index (χ3n) is 6.97. The van der Waals surface area contributed by atoms with Crippen molar-refractivity contribution in [3.63, 3.8) is 0 Å². The summed E-state index contributed by atoms with van der Waals surface area (Å²) in [4.78, 5) is 24.0. The summed E-state index contributed by atoms with van der Waals surface area (Å²) in [6.07, 6.45) is 1.96. The van der Waals surface area contributed by atoms with Crippen LogP contribution in [-0.4, -0.2) is 61.3 Å². The lowest BCUT2D eigenvalue weighted by Gasteiger charge is -2.44. The minimum Gasteiger partial charge on any atom is -0.493 e. The molecule has 0 spiro atoms. The van der Waals surface area contributed by atoms with Crippen LogP contribution in [0.25, 0.3) is 0 Å². The van der Waals surface area contributed by atoms with Crippen molar-refractivity contribution >= 4 is 12.1 Å². The van der Waals surface area contributed by atoms with E-state index in [4.69, 9.17) is 24.1 Å². The van der Waals surface area contributed by atoms with Gasteiger partial charge in [0.25, 0.3) is 0 Å². The molecule has 1 rings (SSSR count). The summed E-state index contributed by atoms with van der Waals surface area (Å²) in [7, 11) is 0. The molecule has 0 aliphatic rings. The Morgan fingerprint density at radius 3 is 2.27 bits per heavy atom.